The van der Waals surface area contributed by atoms with Crippen molar-refractivity contribution in [1.29, 1.82) is 0 Å². The molecule has 1 aromatic carbocycles. The van der Waals surface area contributed by atoms with Crippen LogP contribution in [0.2, 0.25) is 0 Å². The van der Waals surface area contributed by atoms with Gasteiger partial charge in [-0.1, -0.05) is 15.9 Å². The highest BCUT2D eigenvalue weighted by atomic mass is 79.9. The Labute approximate surface area is 120 Å². The Balaban J connectivity index is 2.03. The lowest BCUT2D eigenvalue weighted by atomic mass is 10.1. The van der Waals surface area contributed by atoms with Crippen molar-refractivity contribution in [3.8, 4) is 5.75 Å². The minimum atomic E-state index is 0.347. The molecular weight excluding hydrogens is 310 g/mol. The molecule has 96 valence electrons. The summed E-state index contributed by atoms with van der Waals surface area (Å²) in [5, 5.41) is 7.79. The summed E-state index contributed by atoms with van der Waals surface area (Å²) in [6.07, 6.45) is 0. The number of ether oxygens (including phenoxy) is 1. The van der Waals surface area contributed by atoms with E-state index in [2.05, 4.69) is 51.1 Å². The quantitative estimate of drug-likeness (QED) is 0.881. The zero-order valence-corrected chi connectivity index (χ0v) is 12.8. The molecule has 2 nitrogen and oxygen atoms in total. The molecule has 2 rings (SSSR count). The summed E-state index contributed by atoms with van der Waals surface area (Å²) in [6, 6.07) is 8.56. The Bertz CT molecular complexity index is 499. The highest BCUT2D eigenvalue weighted by Gasteiger charge is 2.08. The van der Waals surface area contributed by atoms with Crippen molar-refractivity contribution >= 4 is 27.3 Å². The van der Waals surface area contributed by atoms with Gasteiger partial charge in [-0.3, -0.25) is 0 Å². The summed E-state index contributed by atoms with van der Waals surface area (Å²) >= 11 is 5.22. The van der Waals surface area contributed by atoms with Gasteiger partial charge in [0, 0.05) is 22.6 Å². The molecule has 0 aliphatic rings. The first kappa shape index (κ1) is 13.6. The van der Waals surface area contributed by atoms with Crippen LogP contribution in [0.25, 0.3) is 0 Å². The van der Waals surface area contributed by atoms with Crippen molar-refractivity contribution in [3.63, 3.8) is 0 Å². The van der Waals surface area contributed by atoms with Crippen LogP contribution in [0.5, 0.6) is 5.75 Å². The number of methoxy groups -OCH3 is 1. The molecule has 0 aliphatic heterocycles. The number of nitrogens with one attached hydrogen (secondary N) is 1. The van der Waals surface area contributed by atoms with Crippen LogP contribution >= 0.6 is 27.3 Å². The Morgan fingerprint density at radius 3 is 2.89 bits per heavy atom. The van der Waals surface area contributed by atoms with Crippen LogP contribution in [-0.2, 0) is 6.54 Å². The Morgan fingerprint density at radius 1 is 1.39 bits per heavy atom. The standard InChI is InChI=1S/C14H16BrNOS/c1-10(11-5-6-18-9-11)16-8-12-7-13(15)3-4-14(12)17-2/h3-7,9-10,16H,8H2,1-2H3. The number of hydrogen-bond donors (Lipinski definition) is 1. The average molecular weight is 326 g/mol. The van der Waals surface area contributed by atoms with E-state index >= 15 is 0 Å². The third-order valence-corrected chi connectivity index (χ3v) is 4.08. The third kappa shape index (κ3) is 3.34. The van der Waals surface area contributed by atoms with Crippen LogP contribution in [0.3, 0.4) is 0 Å². The highest BCUT2D eigenvalue weighted by Crippen LogP contribution is 2.24. The van der Waals surface area contributed by atoms with E-state index in [1.54, 1.807) is 18.4 Å². The summed E-state index contributed by atoms with van der Waals surface area (Å²) in [6.45, 7) is 2.96. The SMILES string of the molecule is COc1ccc(Br)cc1CNC(C)c1ccsc1. The smallest absolute Gasteiger partial charge is 0.123 e. The van der Waals surface area contributed by atoms with E-state index in [0.29, 0.717) is 6.04 Å². The van der Waals surface area contributed by atoms with Crippen molar-refractivity contribution in [2.45, 2.75) is 19.5 Å². The minimum absolute atomic E-state index is 0.347. The summed E-state index contributed by atoms with van der Waals surface area (Å²) < 4.78 is 6.44. The fraction of sp³-hybridized carbons (Fsp3) is 0.286. The van der Waals surface area contributed by atoms with Gasteiger partial charge in [-0.25, -0.2) is 0 Å². The molecule has 0 fully saturated rings. The van der Waals surface area contributed by atoms with Crippen molar-refractivity contribution in [3.05, 3.63) is 50.6 Å². The molecule has 0 aliphatic carbocycles. The molecule has 1 aromatic heterocycles. The first-order valence-electron chi connectivity index (χ1n) is 5.78. The number of thiophene rings is 1. The van der Waals surface area contributed by atoms with E-state index in [-0.39, 0.29) is 0 Å². The number of hydrogen-bond acceptors (Lipinski definition) is 3. The van der Waals surface area contributed by atoms with Crippen molar-refractivity contribution in [2.24, 2.45) is 0 Å². The van der Waals surface area contributed by atoms with Gasteiger partial charge in [-0.15, -0.1) is 0 Å². The lowest BCUT2D eigenvalue weighted by Crippen LogP contribution is -2.18. The van der Waals surface area contributed by atoms with E-state index < -0.39 is 0 Å². The van der Waals surface area contributed by atoms with Gasteiger partial charge in [-0.05, 0) is 47.5 Å². The predicted molar refractivity (Wildman–Crippen MR) is 80.3 cm³/mol. The molecule has 0 bridgehead atoms. The fourth-order valence-corrected chi connectivity index (χ4v) is 2.95. The number of benzene rings is 1. The predicted octanol–water partition coefficient (Wildman–Crippen LogP) is 4.37. The molecule has 0 saturated carbocycles. The van der Waals surface area contributed by atoms with Crippen molar-refractivity contribution < 1.29 is 4.74 Å². The molecule has 1 unspecified atom stereocenters. The molecular formula is C14H16BrNOS. The molecule has 0 spiro atoms. The van der Waals surface area contributed by atoms with Crippen LogP contribution in [0.4, 0.5) is 0 Å². The average Bonchev–Trinajstić information content (AvgIpc) is 2.90. The number of halogens is 1. The largest absolute Gasteiger partial charge is 0.496 e. The molecule has 4 heteroatoms. The third-order valence-electron chi connectivity index (χ3n) is 2.88. The van der Waals surface area contributed by atoms with E-state index in [4.69, 9.17) is 4.74 Å². The van der Waals surface area contributed by atoms with Gasteiger partial charge in [0.25, 0.3) is 0 Å². The molecule has 0 amide bonds. The molecule has 1 atom stereocenters. The van der Waals surface area contributed by atoms with E-state index in [1.807, 2.05) is 12.1 Å². The fourth-order valence-electron chi connectivity index (χ4n) is 1.79. The summed E-state index contributed by atoms with van der Waals surface area (Å²) in [5.41, 5.74) is 2.49. The van der Waals surface area contributed by atoms with Gasteiger partial charge in [0.05, 0.1) is 7.11 Å². The normalized spacial score (nSPS) is 12.4. The molecule has 2 aromatic rings. The summed E-state index contributed by atoms with van der Waals surface area (Å²) in [7, 11) is 1.70. The second-order valence-corrected chi connectivity index (χ2v) is 5.81. The summed E-state index contributed by atoms with van der Waals surface area (Å²) in [4.78, 5) is 0. The lowest BCUT2D eigenvalue weighted by Gasteiger charge is -2.14. The van der Waals surface area contributed by atoms with Gasteiger partial charge in [0.1, 0.15) is 5.75 Å². The second kappa shape index (κ2) is 6.36. The Morgan fingerprint density at radius 2 is 2.22 bits per heavy atom. The second-order valence-electron chi connectivity index (χ2n) is 4.12. The highest BCUT2D eigenvalue weighted by molar-refractivity contribution is 9.10. The number of rotatable bonds is 5. The van der Waals surface area contributed by atoms with E-state index in [1.165, 1.54) is 5.56 Å². The monoisotopic (exact) mass is 325 g/mol. The Hall–Kier alpha value is -0.840. The maximum absolute atomic E-state index is 5.36. The van der Waals surface area contributed by atoms with Gasteiger partial charge in [-0.2, -0.15) is 11.3 Å². The van der Waals surface area contributed by atoms with Crippen LogP contribution in [0, 0.1) is 0 Å². The zero-order valence-electron chi connectivity index (χ0n) is 10.4. The topological polar surface area (TPSA) is 21.3 Å². The van der Waals surface area contributed by atoms with Crippen LogP contribution < -0.4 is 10.1 Å². The molecule has 1 N–H and O–H groups in total. The molecule has 0 radical (unpaired) electrons. The first-order valence-corrected chi connectivity index (χ1v) is 7.52. The lowest BCUT2D eigenvalue weighted by molar-refractivity contribution is 0.406. The van der Waals surface area contributed by atoms with Crippen LogP contribution in [0.15, 0.2) is 39.5 Å². The van der Waals surface area contributed by atoms with Crippen molar-refractivity contribution in [1.82, 2.24) is 5.32 Å². The maximum Gasteiger partial charge on any atom is 0.123 e. The van der Waals surface area contributed by atoms with Gasteiger partial charge in [0.2, 0.25) is 0 Å². The zero-order chi connectivity index (χ0) is 13.0. The van der Waals surface area contributed by atoms with Crippen molar-refractivity contribution in [2.75, 3.05) is 7.11 Å². The van der Waals surface area contributed by atoms with Gasteiger partial charge >= 0.3 is 0 Å². The molecule has 1 heterocycles. The molecule has 18 heavy (non-hydrogen) atoms. The van der Waals surface area contributed by atoms with Gasteiger partial charge < -0.3 is 10.1 Å². The minimum Gasteiger partial charge on any atom is -0.496 e. The summed E-state index contributed by atoms with van der Waals surface area (Å²) in [5.74, 6) is 0.920. The van der Waals surface area contributed by atoms with E-state index in [0.717, 1.165) is 22.3 Å². The molecule has 0 saturated heterocycles. The maximum atomic E-state index is 5.36. The van der Waals surface area contributed by atoms with Crippen LogP contribution in [0.1, 0.15) is 24.1 Å². The van der Waals surface area contributed by atoms with Gasteiger partial charge in [0.15, 0.2) is 0 Å². The van der Waals surface area contributed by atoms with E-state index in [9.17, 15) is 0 Å². The Kier molecular flexibility index (Phi) is 4.80. The first-order chi connectivity index (χ1) is 8.70. The van der Waals surface area contributed by atoms with Crippen LogP contribution in [-0.4, -0.2) is 7.11 Å².